The second kappa shape index (κ2) is 7.41. The van der Waals surface area contributed by atoms with Gasteiger partial charge in [-0.3, -0.25) is 4.79 Å². The number of esters is 2. The minimum Gasteiger partial charge on any atom is -0.469 e. The number of rotatable bonds is 6. The average Bonchev–Trinajstić information content (AvgIpc) is 2.38. The number of carbonyl (C=O) groups excluding carboxylic acids is 2. The molecule has 1 aromatic rings. The number of hydrogen-bond donors (Lipinski definition) is 1. The molecular weight excluding hydrogens is 246 g/mol. The van der Waals surface area contributed by atoms with Crippen molar-refractivity contribution in [1.29, 1.82) is 0 Å². The van der Waals surface area contributed by atoms with Crippen molar-refractivity contribution in [1.82, 2.24) is 0 Å². The van der Waals surface area contributed by atoms with Crippen molar-refractivity contribution in [3.05, 3.63) is 29.8 Å². The molecule has 104 valence electrons. The molecule has 1 N–H and O–H groups in total. The lowest BCUT2D eigenvalue weighted by Crippen LogP contribution is -2.13. The largest absolute Gasteiger partial charge is 0.469 e. The van der Waals surface area contributed by atoms with Crippen LogP contribution >= 0.6 is 0 Å². The molecule has 1 rings (SSSR count). The van der Waals surface area contributed by atoms with Crippen molar-refractivity contribution in [2.45, 2.75) is 26.4 Å². The normalized spacial score (nSPS) is 10.1. The van der Waals surface area contributed by atoms with E-state index < -0.39 is 0 Å². The third-order valence-corrected chi connectivity index (χ3v) is 2.33. The van der Waals surface area contributed by atoms with Crippen LogP contribution < -0.4 is 5.32 Å². The summed E-state index contributed by atoms with van der Waals surface area (Å²) >= 11 is 0. The summed E-state index contributed by atoms with van der Waals surface area (Å²) in [6.45, 7) is 4.06. The number of hydrogen-bond acceptors (Lipinski definition) is 5. The van der Waals surface area contributed by atoms with Crippen LogP contribution in [-0.2, 0) is 14.3 Å². The fourth-order valence-electron chi connectivity index (χ4n) is 1.45. The first-order valence-corrected chi connectivity index (χ1v) is 6.14. The molecule has 0 unspecified atom stereocenters. The highest BCUT2D eigenvalue weighted by atomic mass is 16.5. The first-order chi connectivity index (χ1) is 9.02. The average molecular weight is 265 g/mol. The van der Waals surface area contributed by atoms with Crippen molar-refractivity contribution in [3.8, 4) is 0 Å². The van der Waals surface area contributed by atoms with E-state index >= 15 is 0 Å². The van der Waals surface area contributed by atoms with Gasteiger partial charge in [-0.05, 0) is 32.0 Å². The summed E-state index contributed by atoms with van der Waals surface area (Å²) in [5.41, 5.74) is 1.25. The van der Waals surface area contributed by atoms with E-state index in [1.165, 1.54) is 7.11 Å². The maximum Gasteiger partial charge on any atom is 0.338 e. The lowest BCUT2D eigenvalue weighted by atomic mass is 10.2. The molecule has 0 saturated carbocycles. The van der Waals surface area contributed by atoms with E-state index in [1.54, 1.807) is 32.0 Å². The molecule has 19 heavy (non-hydrogen) atoms. The van der Waals surface area contributed by atoms with Gasteiger partial charge in [-0.25, -0.2) is 4.79 Å². The van der Waals surface area contributed by atoms with Gasteiger partial charge in [0.1, 0.15) is 0 Å². The van der Waals surface area contributed by atoms with Crippen LogP contribution in [0.4, 0.5) is 5.69 Å². The minimum atomic E-state index is -0.355. The van der Waals surface area contributed by atoms with E-state index in [2.05, 4.69) is 10.1 Å². The van der Waals surface area contributed by atoms with Gasteiger partial charge in [-0.1, -0.05) is 6.07 Å². The van der Waals surface area contributed by atoms with Crippen molar-refractivity contribution in [2.75, 3.05) is 19.0 Å². The second-order valence-corrected chi connectivity index (χ2v) is 4.29. The van der Waals surface area contributed by atoms with E-state index in [0.717, 1.165) is 5.69 Å². The Morgan fingerprint density at radius 2 is 2.05 bits per heavy atom. The second-order valence-electron chi connectivity index (χ2n) is 4.29. The quantitative estimate of drug-likeness (QED) is 0.799. The van der Waals surface area contributed by atoms with Gasteiger partial charge in [-0.15, -0.1) is 0 Å². The summed E-state index contributed by atoms with van der Waals surface area (Å²) in [6, 6.07) is 6.97. The third kappa shape index (κ3) is 5.42. The molecule has 1 aromatic carbocycles. The standard InChI is InChI=1S/C14H19NO4/c1-10(2)19-14(17)11-5-4-6-12(9-11)15-8-7-13(16)18-3/h4-6,9-10,15H,7-8H2,1-3H3. The summed E-state index contributed by atoms with van der Waals surface area (Å²) in [4.78, 5) is 22.7. The van der Waals surface area contributed by atoms with Gasteiger partial charge in [0.2, 0.25) is 0 Å². The highest BCUT2D eigenvalue weighted by Gasteiger charge is 2.09. The Hall–Kier alpha value is -2.04. The maximum atomic E-state index is 11.7. The van der Waals surface area contributed by atoms with E-state index in [9.17, 15) is 9.59 Å². The lowest BCUT2D eigenvalue weighted by Gasteiger charge is -2.10. The van der Waals surface area contributed by atoms with Gasteiger partial charge in [0.25, 0.3) is 0 Å². The molecular formula is C14H19NO4. The van der Waals surface area contributed by atoms with E-state index in [-0.39, 0.29) is 24.5 Å². The zero-order valence-corrected chi connectivity index (χ0v) is 11.4. The molecule has 0 atom stereocenters. The van der Waals surface area contributed by atoms with Gasteiger partial charge in [0.05, 0.1) is 25.2 Å². The van der Waals surface area contributed by atoms with Gasteiger partial charge in [-0.2, -0.15) is 0 Å². The summed E-state index contributed by atoms with van der Waals surface area (Å²) in [5.74, 6) is -0.630. The Morgan fingerprint density at radius 3 is 2.68 bits per heavy atom. The lowest BCUT2D eigenvalue weighted by molar-refractivity contribution is -0.140. The number of anilines is 1. The van der Waals surface area contributed by atoms with Gasteiger partial charge in [0.15, 0.2) is 0 Å². The molecule has 0 heterocycles. The predicted molar refractivity (Wildman–Crippen MR) is 72.1 cm³/mol. The van der Waals surface area contributed by atoms with Crippen LogP contribution in [0, 0.1) is 0 Å². The Balaban J connectivity index is 2.57. The summed E-state index contributed by atoms with van der Waals surface area (Å²) in [6.07, 6.45) is 0.125. The van der Waals surface area contributed by atoms with Crippen LogP contribution in [0.3, 0.4) is 0 Å². The first kappa shape index (κ1) is 15.0. The molecule has 0 aromatic heterocycles. The molecule has 0 amide bonds. The van der Waals surface area contributed by atoms with Gasteiger partial charge in [0, 0.05) is 12.2 Å². The van der Waals surface area contributed by atoms with Crippen LogP contribution in [0.25, 0.3) is 0 Å². The predicted octanol–water partition coefficient (Wildman–Crippen LogP) is 2.23. The molecule has 0 saturated heterocycles. The number of benzene rings is 1. The van der Waals surface area contributed by atoms with Crippen LogP contribution in [0.2, 0.25) is 0 Å². The first-order valence-electron chi connectivity index (χ1n) is 6.14. The Bertz CT molecular complexity index is 443. The van der Waals surface area contributed by atoms with E-state index in [4.69, 9.17) is 4.74 Å². The summed E-state index contributed by atoms with van der Waals surface area (Å²) < 4.78 is 9.65. The number of carbonyl (C=O) groups is 2. The van der Waals surface area contributed by atoms with Crippen LogP contribution in [-0.4, -0.2) is 31.7 Å². The molecule has 0 aliphatic carbocycles. The molecule has 0 bridgehead atoms. The molecule has 0 spiro atoms. The SMILES string of the molecule is COC(=O)CCNc1cccc(C(=O)OC(C)C)c1. The van der Waals surface area contributed by atoms with Crippen molar-refractivity contribution in [2.24, 2.45) is 0 Å². The molecule has 0 aliphatic heterocycles. The molecule has 0 aliphatic rings. The van der Waals surface area contributed by atoms with Crippen molar-refractivity contribution >= 4 is 17.6 Å². The highest BCUT2D eigenvalue weighted by Crippen LogP contribution is 2.12. The summed E-state index contributed by atoms with van der Waals surface area (Å²) in [5, 5.41) is 3.05. The molecule has 5 nitrogen and oxygen atoms in total. The molecule has 5 heteroatoms. The fourth-order valence-corrected chi connectivity index (χ4v) is 1.45. The van der Waals surface area contributed by atoms with Crippen molar-refractivity contribution < 1.29 is 19.1 Å². The van der Waals surface area contributed by atoms with E-state index in [1.807, 2.05) is 6.07 Å². The van der Waals surface area contributed by atoms with Crippen LogP contribution in [0.1, 0.15) is 30.6 Å². The highest BCUT2D eigenvalue weighted by molar-refractivity contribution is 5.90. The zero-order chi connectivity index (χ0) is 14.3. The van der Waals surface area contributed by atoms with Crippen LogP contribution in [0.5, 0.6) is 0 Å². The van der Waals surface area contributed by atoms with E-state index in [0.29, 0.717) is 12.1 Å². The maximum absolute atomic E-state index is 11.7. The van der Waals surface area contributed by atoms with Crippen LogP contribution in [0.15, 0.2) is 24.3 Å². The number of nitrogens with one attached hydrogen (secondary N) is 1. The topological polar surface area (TPSA) is 64.6 Å². The zero-order valence-electron chi connectivity index (χ0n) is 11.4. The smallest absolute Gasteiger partial charge is 0.338 e. The monoisotopic (exact) mass is 265 g/mol. The number of ether oxygens (including phenoxy) is 2. The fraction of sp³-hybridized carbons (Fsp3) is 0.429. The summed E-state index contributed by atoms with van der Waals surface area (Å²) in [7, 11) is 1.35. The van der Waals surface area contributed by atoms with Gasteiger partial charge < -0.3 is 14.8 Å². The number of methoxy groups -OCH3 is 1. The van der Waals surface area contributed by atoms with Crippen molar-refractivity contribution in [3.63, 3.8) is 0 Å². The third-order valence-electron chi connectivity index (χ3n) is 2.33. The molecule has 0 fully saturated rings. The Morgan fingerprint density at radius 1 is 1.32 bits per heavy atom. The molecule has 0 radical (unpaired) electrons. The Labute approximate surface area is 112 Å². The van der Waals surface area contributed by atoms with Gasteiger partial charge >= 0.3 is 11.9 Å². The minimum absolute atomic E-state index is 0.150. The Kier molecular flexibility index (Phi) is 5.85.